The first-order valence-electron chi connectivity index (χ1n) is 9.25. The highest BCUT2D eigenvalue weighted by Gasteiger charge is 2.29. The summed E-state index contributed by atoms with van der Waals surface area (Å²) in [6, 6.07) is 13.3. The number of carbonyl (C=O) groups is 1. The van der Waals surface area contributed by atoms with E-state index in [9.17, 15) is 13.2 Å². The number of anilines is 2. The molecule has 0 unspecified atom stereocenters. The molecule has 2 atom stereocenters. The molecule has 0 bridgehead atoms. The van der Waals surface area contributed by atoms with Crippen LogP contribution < -0.4 is 15.4 Å². The molecule has 0 aromatic heterocycles. The van der Waals surface area contributed by atoms with E-state index in [0.29, 0.717) is 5.02 Å². The minimum absolute atomic E-state index is 0.0116. The van der Waals surface area contributed by atoms with Crippen LogP contribution >= 0.6 is 11.6 Å². The molecular weight excluding hydrogens is 398 g/mol. The molecule has 8 heteroatoms. The molecule has 3 rings (SSSR count). The molecule has 28 heavy (non-hydrogen) atoms. The van der Waals surface area contributed by atoms with Gasteiger partial charge in [-0.2, -0.15) is 0 Å². The van der Waals surface area contributed by atoms with E-state index < -0.39 is 10.0 Å². The molecule has 1 amide bonds. The number of rotatable bonds is 6. The number of carbonyl (C=O) groups excluding carboxylic acids is 1. The highest BCUT2D eigenvalue weighted by atomic mass is 35.5. The van der Waals surface area contributed by atoms with Gasteiger partial charge in [-0.3, -0.25) is 4.79 Å². The second-order valence-corrected chi connectivity index (χ2v) is 9.13. The van der Waals surface area contributed by atoms with E-state index in [4.69, 9.17) is 11.6 Å². The molecule has 3 N–H and O–H groups in total. The Balaban J connectivity index is 1.70. The average molecular weight is 422 g/mol. The first-order valence-corrected chi connectivity index (χ1v) is 11.1. The van der Waals surface area contributed by atoms with Crippen molar-refractivity contribution in [3.63, 3.8) is 0 Å². The van der Waals surface area contributed by atoms with Crippen molar-refractivity contribution in [1.82, 2.24) is 4.72 Å². The van der Waals surface area contributed by atoms with Crippen molar-refractivity contribution in [2.24, 2.45) is 0 Å². The zero-order valence-electron chi connectivity index (χ0n) is 15.6. The van der Waals surface area contributed by atoms with Crippen molar-refractivity contribution in [3.05, 3.63) is 53.6 Å². The lowest BCUT2D eigenvalue weighted by atomic mass is 9.91. The molecule has 1 saturated carbocycles. The summed E-state index contributed by atoms with van der Waals surface area (Å²) >= 11 is 5.86. The largest absolute Gasteiger partial charge is 0.381 e. The predicted molar refractivity (Wildman–Crippen MR) is 112 cm³/mol. The quantitative estimate of drug-likeness (QED) is 0.657. The molecule has 0 spiro atoms. The van der Waals surface area contributed by atoms with E-state index >= 15 is 0 Å². The van der Waals surface area contributed by atoms with Gasteiger partial charge in [-0.05, 0) is 61.4 Å². The summed E-state index contributed by atoms with van der Waals surface area (Å²) in [5.41, 5.74) is 1.61. The lowest BCUT2D eigenvalue weighted by Crippen LogP contribution is -2.48. The maximum Gasteiger partial charge on any atom is 0.240 e. The smallest absolute Gasteiger partial charge is 0.240 e. The van der Waals surface area contributed by atoms with Crippen LogP contribution in [-0.4, -0.2) is 26.4 Å². The summed E-state index contributed by atoms with van der Waals surface area (Å²) in [5, 5.41) is 6.66. The summed E-state index contributed by atoms with van der Waals surface area (Å²) in [4.78, 5) is 11.3. The van der Waals surface area contributed by atoms with Crippen LogP contribution in [0.1, 0.15) is 32.6 Å². The number of halogens is 1. The molecular formula is C20H24ClN3O3S. The van der Waals surface area contributed by atoms with Crippen LogP contribution in [0, 0.1) is 0 Å². The van der Waals surface area contributed by atoms with Crippen molar-refractivity contribution in [1.29, 1.82) is 0 Å². The first-order chi connectivity index (χ1) is 13.3. The zero-order chi connectivity index (χ0) is 20.1. The maximum absolute atomic E-state index is 12.7. The van der Waals surface area contributed by atoms with E-state index in [-0.39, 0.29) is 22.9 Å². The Morgan fingerprint density at radius 1 is 0.929 bits per heavy atom. The third-order valence-electron chi connectivity index (χ3n) is 4.75. The van der Waals surface area contributed by atoms with Crippen molar-refractivity contribution in [2.45, 2.75) is 49.6 Å². The van der Waals surface area contributed by atoms with Gasteiger partial charge in [-0.25, -0.2) is 13.1 Å². The number of sulfonamides is 1. The number of nitrogens with one attached hydrogen (secondary N) is 3. The highest BCUT2D eigenvalue weighted by Crippen LogP contribution is 2.25. The number of benzene rings is 2. The average Bonchev–Trinajstić information content (AvgIpc) is 2.65. The lowest BCUT2D eigenvalue weighted by Gasteiger charge is -2.33. The SMILES string of the molecule is CC(=O)Nc1ccc(N[C@H]2CCCC[C@H]2NS(=O)(=O)c2ccc(Cl)cc2)cc1. The van der Waals surface area contributed by atoms with Crippen LogP contribution in [0.4, 0.5) is 11.4 Å². The summed E-state index contributed by atoms with van der Waals surface area (Å²) in [5.74, 6) is -0.121. The number of hydrogen-bond donors (Lipinski definition) is 3. The van der Waals surface area contributed by atoms with E-state index in [0.717, 1.165) is 37.1 Å². The molecule has 0 radical (unpaired) electrons. The molecule has 1 fully saturated rings. The predicted octanol–water partition coefficient (Wildman–Crippen LogP) is 4.00. The van der Waals surface area contributed by atoms with E-state index in [1.807, 2.05) is 24.3 Å². The Kier molecular flexibility index (Phi) is 6.59. The van der Waals surface area contributed by atoms with Crippen molar-refractivity contribution in [3.8, 4) is 0 Å². The van der Waals surface area contributed by atoms with Crippen molar-refractivity contribution in [2.75, 3.05) is 10.6 Å². The van der Waals surface area contributed by atoms with Crippen LogP contribution in [0.25, 0.3) is 0 Å². The molecule has 6 nitrogen and oxygen atoms in total. The van der Waals surface area contributed by atoms with Gasteiger partial charge in [0, 0.05) is 35.4 Å². The Hall–Kier alpha value is -2.09. The molecule has 1 aliphatic rings. The second kappa shape index (κ2) is 8.94. The molecule has 1 aliphatic carbocycles. The number of hydrogen-bond acceptors (Lipinski definition) is 4. The Bertz CT molecular complexity index is 915. The Morgan fingerprint density at radius 2 is 1.50 bits per heavy atom. The van der Waals surface area contributed by atoms with Crippen LogP contribution in [-0.2, 0) is 14.8 Å². The fourth-order valence-corrected chi connectivity index (χ4v) is 4.83. The molecule has 0 aliphatic heterocycles. The maximum atomic E-state index is 12.7. The molecule has 0 heterocycles. The minimum atomic E-state index is -3.62. The van der Waals surface area contributed by atoms with Gasteiger partial charge in [0.15, 0.2) is 0 Å². The molecule has 150 valence electrons. The van der Waals surface area contributed by atoms with Gasteiger partial charge in [0.05, 0.1) is 4.90 Å². The standard InChI is InChI=1S/C20H24ClN3O3S/c1-14(25)22-16-8-10-17(11-9-16)23-19-4-2-3-5-20(19)24-28(26,27)18-12-6-15(21)7-13-18/h6-13,19-20,23-24H,2-5H2,1H3,(H,22,25)/t19-,20+/m0/s1. The third-order valence-corrected chi connectivity index (χ3v) is 6.51. The van der Waals surface area contributed by atoms with Crippen molar-refractivity contribution < 1.29 is 13.2 Å². The lowest BCUT2D eigenvalue weighted by molar-refractivity contribution is -0.114. The normalized spacial score (nSPS) is 19.8. The van der Waals surface area contributed by atoms with Gasteiger partial charge in [-0.15, -0.1) is 0 Å². The highest BCUT2D eigenvalue weighted by molar-refractivity contribution is 7.89. The van der Waals surface area contributed by atoms with Gasteiger partial charge in [0.25, 0.3) is 0 Å². The van der Waals surface area contributed by atoms with E-state index in [1.54, 1.807) is 12.1 Å². The van der Waals surface area contributed by atoms with E-state index in [1.165, 1.54) is 19.1 Å². The van der Waals surface area contributed by atoms with Crippen molar-refractivity contribution >= 4 is 38.9 Å². The van der Waals surface area contributed by atoms with E-state index in [2.05, 4.69) is 15.4 Å². The summed E-state index contributed by atoms with van der Waals surface area (Å²) in [6.07, 6.45) is 3.67. The second-order valence-electron chi connectivity index (χ2n) is 6.98. The summed E-state index contributed by atoms with van der Waals surface area (Å²) in [7, 11) is -3.62. The Morgan fingerprint density at radius 3 is 2.11 bits per heavy atom. The minimum Gasteiger partial charge on any atom is -0.381 e. The van der Waals surface area contributed by atoms with Gasteiger partial charge < -0.3 is 10.6 Å². The van der Waals surface area contributed by atoms with Gasteiger partial charge in [-0.1, -0.05) is 24.4 Å². The molecule has 2 aromatic carbocycles. The van der Waals surface area contributed by atoms with Crippen LogP contribution in [0.2, 0.25) is 5.02 Å². The first kappa shape index (κ1) is 20.6. The summed E-state index contributed by atoms with van der Waals surface area (Å²) < 4.78 is 28.3. The summed E-state index contributed by atoms with van der Waals surface area (Å²) in [6.45, 7) is 1.46. The van der Waals surface area contributed by atoms with Gasteiger partial charge in [0.1, 0.15) is 0 Å². The van der Waals surface area contributed by atoms with Gasteiger partial charge in [0.2, 0.25) is 15.9 Å². The topological polar surface area (TPSA) is 87.3 Å². The monoisotopic (exact) mass is 421 g/mol. The zero-order valence-corrected chi connectivity index (χ0v) is 17.2. The van der Waals surface area contributed by atoms with Crippen LogP contribution in [0.3, 0.4) is 0 Å². The van der Waals surface area contributed by atoms with Gasteiger partial charge >= 0.3 is 0 Å². The van der Waals surface area contributed by atoms with Crippen LogP contribution in [0.15, 0.2) is 53.4 Å². The Labute approximate surface area is 170 Å². The third kappa shape index (κ3) is 5.47. The fourth-order valence-electron chi connectivity index (χ4n) is 3.39. The fraction of sp³-hybridized carbons (Fsp3) is 0.350. The molecule has 2 aromatic rings. The van der Waals surface area contributed by atoms with Crippen LogP contribution in [0.5, 0.6) is 0 Å². The number of amides is 1. The molecule has 0 saturated heterocycles.